The lowest BCUT2D eigenvalue weighted by molar-refractivity contribution is -0.115. The summed E-state index contributed by atoms with van der Waals surface area (Å²) in [5, 5.41) is 7.33. The molecule has 1 amide bonds. The monoisotopic (exact) mass is 437 g/mol. The summed E-state index contributed by atoms with van der Waals surface area (Å²) in [5.41, 5.74) is 5.98. The van der Waals surface area contributed by atoms with Gasteiger partial charge in [-0.15, -0.1) is 0 Å². The van der Waals surface area contributed by atoms with Crippen LogP contribution in [0.25, 0.3) is 28.0 Å². The van der Waals surface area contributed by atoms with Gasteiger partial charge in [-0.1, -0.05) is 30.3 Å². The number of amides is 1. The van der Waals surface area contributed by atoms with Gasteiger partial charge in [-0.25, -0.2) is 9.07 Å². The molecule has 162 valence electrons. The zero-order valence-corrected chi connectivity index (χ0v) is 17.9. The average Bonchev–Trinajstić information content (AvgIpc) is 3.24. The van der Waals surface area contributed by atoms with Gasteiger partial charge in [0.2, 0.25) is 5.91 Å². The number of carbonyl (C=O) groups excluding carboxylic acids is 1. The number of nitrogens with one attached hydrogen (secondary N) is 1. The van der Waals surface area contributed by atoms with Gasteiger partial charge >= 0.3 is 0 Å². The second-order valence-corrected chi connectivity index (χ2v) is 7.74. The number of fused-ring (bicyclic) bond motifs is 1. The molecule has 0 saturated heterocycles. The third-order valence-corrected chi connectivity index (χ3v) is 5.26. The van der Waals surface area contributed by atoms with E-state index in [1.165, 1.54) is 12.1 Å². The Bertz CT molecular complexity index is 1480. The first-order chi connectivity index (χ1) is 16.1. The van der Waals surface area contributed by atoms with Crippen LogP contribution >= 0.6 is 0 Å². The van der Waals surface area contributed by atoms with Crippen LogP contribution in [0.15, 0.2) is 85.2 Å². The van der Waals surface area contributed by atoms with Gasteiger partial charge in [-0.3, -0.25) is 14.8 Å². The molecule has 0 bridgehead atoms. The molecule has 0 unspecified atom stereocenters. The molecule has 0 aliphatic rings. The minimum absolute atomic E-state index is 0.00748. The van der Waals surface area contributed by atoms with E-state index in [0.29, 0.717) is 5.69 Å². The lowest BCUT2D eigenvalue weighted by atomic mass is 10.1. The van der Waals surface area contributed by atoms with E-state index in [1.54, 1.807) is 24.5 Å². The fraction of sp³-hybridized carbons (Fsp3) is 0.0769. The van der Waals surface area contributed by atoms with Crippen molar-refractivity contribution in [3.8, 4) is 16.9 Å². The first kappa shape index (κ1) is 20.5. The van der Waals surface area contributed by atoms with E-state index in [1.807, 2.05) is 60.1 Å². The van der Waals surface area contributed by atoms with Crippen LogP contribution < -0.4 is 5.32 Å². The van der Waals surface area contributed by atoms with Gasteiger partial charge in [0.15, 0.2) is 0 Å². The highest BCUT2D eigenvalue weighted by atomic mass is 19.1. The Morgan fingerprint density at radius 1 is 0.939 bits per heavy atom. The summed E-state index contributed by atoms with van der Waals surface area (Å²) in [7, 11) is 0. The third kappa shape index (κ3) is 4.34. The lowest BCUT2D eigenvalue weighted by Gasteiger charge is -2.09. The van der Waals surface area contributed by atoms with Crippen LogP contribution in [0.3, 0.4) is 0 Å². The van der Waals surface area contributed by atoms with Crippen molar-refractivity contribution in [1.29, 1.82) is 0 Å². The Balaban J connectivity index is 1.53. The van der Waals surface area contributed by atoms with Crippen LogP contribution in [-0.4, -0.2) is 25.7 Å². The maximum Gasteiger partial charge on any atom is 0.230 e. The quantitative estimate of drug-likeness (QED) is 0.415. The van der Waals surface area contributed by atoms with Gasteiger partial charge in [0.25, 0.3) is 0 Å². The smallest absolute Gasteiger partial charge is 0.230 e. The summed E-state index contributed by atoms with van der Waals surface area (Å²) < 4.78 is 15.7. The highest BCUT2D eigenvalue weighted by Gasteiger charge is 2.16. The van der Waals surface area contributed by atoms with Crippen LogP contribution in [0.1, 0.15) is 11.3 Å². The fourth-order valence-corrected chi connectivity index (χ4v) is 3.72. The zero-order valence-electron chi connectivity index (χ0n) is 17.9. The molecule has 5 rings (SSSR count). The van der Waals surface area contributed by atoms with Gasteiger partial charge in [0.1, 0.15) is 5.82 Å². The molecular weight excluding hydrogens is 417 g/mol. The molecule has 1 N–H and O–H groups in total. The molecule has 0 aliphatic heterocycles. The fourth-order valence-electron chi connectivity index (χ4n) is 3.72. The molecule has 0 atom stereocenters. The number of hydrogen-bond acceptors (Lipinski definition) is 4. The molecule has 0 spiro atoms. The topological polar surface area (TPSA) is 72.7 Å². The number of rotatable bonds is 5. The van der Waals surface area contributed by atoms with E-state index in [0.717, 1.165) is 33.5 Å². The first-order valence-corrected chi connectivity index (χ1v) is 10.5. The van der Waals surface area contributed by atoms with Crippen molar-refractivity contribution < 1.29 is 9.18 Å². The highest BCUT2D eigenvalue weighted by Crippen LogP contribution is 2.27. The Morgan fingerprint density at radius 2 is 1.76 bits per heavy atom. The number of halogens is 1. The third-order valence-electron chi connectivity index (χ3n) is 5.26. The van der Waals surface area contributed by atoms with E-state index >= 15 is 0 Å². The van der Waals surface area contributed by atoms with E-state index in [2.05, 4.69) is 15.3 Å². The van der Waals surface area contributed by atoms with E-state index in [4.69, 9.17) is 5.10 Å². The predicted molar refractivity (Wildman–Crippen MR) is 126 cm³/mol. The minimum atomic E-state index is -0.478. The Kier molecular flexibility index (Phi) is 5.36. The number of carbonyl (C=O) groups is 1. The largest absolute Gasteiger partial charge is 0.323 e. The van der Waals surface area contributed by atoms with Crippen molar-refractivity contribution in [3.05, 3.63) is 102 Å². The van der Waals surface area contributed by atoms with Gasteiger partial charge in [0.05, 0.1) is 40.2 Å². The molecule has 6 nitrogen and oxygen atoms in total. The van der Waals surface area contributed by atoms with Crippen molar-refractivity contribution in [2.45, 2.75) is 13.3 Å². The standard InChI is InChI=1S/C26H20FN5O/c1-17-5-4-6-20(13-17)32-25(18-9-10-23-24(14-18)29-12-11-28-23)15-19(31-32)16-26(33)30-22-8-3-2-7-21(22)27/h2-15H,16H2,1H3,(H,30,33). The van der Waals surface area contributed by atoms with Crippen LogP contribution in [0.2, 0.25) is 0 Å². The van der Waals surface area contributed by atoms with Gasteiger partial charge in [0, 0.05) is 18.0 Å². The molecular formula is C26H20FN5O. The number of para-hydroxylation sites is 1. The number of hydrogen-bond donors (Lipinski definition) is 1. The van der Waals surface area contributed by atoms with Crippen molar-refractivity contribution in [3.63, 3.8) is 0 Å². The SMILES string of the molecule is Cc1cccc(-n2nc(CC(=O)Nc3ccccc3F)cc2-c2ccc3nccnc3c2)c1. The summed E-state index contributed by atoms with van der Waals surface area (Å²) >= 11 is 0. The van der Waals surface area contributed by atoms with Gasteiger partial charge in [-0.05, 0) is 55.0 Å². The van der Waals surface area contributed by atoms with Crippen LogP contribution in [-0.2, 0) is 11.2 Å². The average molecular weight is 437 g/mol. The summed E-state index contributed by atoms with van der Waals surface area (Å²) in [6.45, 7) is 2.01. The van der Waals surface area contributed by atoms with Gasteiger partial charge in [-0.2, -0.15) is 5.10 Å². The lowest BCUT2D eigenvalue weighted by Crippen LogP contribution is -2.15. The molecule has 5 aromatic rings. The van der Waals surface area contributed by atoms with Crippen LogP contribution in [0, 0.1) is 12.7 Å². The van der Waals surface area contributed by atoms with Crippen molar-refractivity contribution in [2.24, 2.45) is 0 Å². The van der Waals surface area contributed by atoms with E-state index < -0.39 is 5.82 Å². The number of aryl methyl sites for hydroxylation is 1. The maximum atomic E-state index is 13.9. The number of benzene rings is 3. The molecule has 7 heteroatoms. The summed E-state index contributed by atoms with van der Waals surface area (Å²) in [6.07, 6.45) is 3.32. The van der Waals surface area contributed by atoms with E-state index in [9.17, 15) is 9.18 Å². The van der Waals surface area contributed by atoms with Crippen molar-refractivity contribution >= 4 is 22.6 Å². The summed E-state index contributed by atoms with van der Waals surface area (Å²) in [5.74, 6) is -0.820. The predicted octanol–water partition coefficient (Wildman–Crippen LogP) is 5.11. The molecule has 3 aromatic carbocycles. The molecule has 2 heterocycles. The minimum Gasteiger partial charge on any atom is -0.323 e. The molecule has 33 heavy (non-hydrogen) atoms. The molecule has 2 aromatic heterocycles. The second kappa shape index (κ2) is 8.63. The zero-order chi connectivity index (χ0) is 22.8. The second-order valence-electron chi connectivity index (χ2n) is 7.74. The molecule has 0 aliphatic carbocycles. The molecule has 0 radical (unpaired) electrons. The molecule has 0 fully saturated rings. The summed E-state index contributed by atoms with van der Waals surface area (Å²) in [6, 6.07) is 21.8. The van der Waals surface area contributed by atoms with Crippen LogP contribution in [0.5, 0.6) is 0 Å². The van der Waals surface area contributed by atoms with E-state index in [-0.39, 0.29) is 18.0 Å². The summed E-state index contributed by atoms with van der Waals surface area (Å²) in [4.78, 5) is 21.3. The van der Waals surface area contributed by atoms with Crippen molar-refractivity contribution in [2.75, 3.05) is 5.32 Å². The highest BCUT2D eigenvalue weighted by molar-refractivity contribution is 5.92. The molecule has 0 saturated carbocycles. The Morgan fingerprint density at radius 3 is 2.58 bits per heavy atom. The Labute approximate surface area is 189 Å². The van der Waals surface area contributed by atoms with Crippen molar-refractivity contribution in [1.82, 2.24) is 19.7 Å². The first-order valence-electron chi connectivity index (χ1n) is 10.5. The maximum absolute atomic E-state index is 13.9. The number of aromatic nitrogens is 4. The number of anilines is 1. The Hall–Kier alpha value is -4.39. The van der Waals surface area contributed by atoms with Crippen LogP contribution in [0.4, 0.5) is 10.1 Å². The normalized spacial score (nSPS) is 11.0. The number of nitrogens with zero attached hydrogens (tertiary/aromatic N) is 4. The van der Waals surface area contributed by atoms with Gasteiger partial charge < -0.3 is 5.32 Å².